The van der Waals surface area contributed by atoms with Gasteiger partial charge in [0.15, 0.2) is 0 Å². The predicted octanol–water partition coefficient (Wildman–Crippen LogP) is 4.09. The molecule has 2 aliphatic heterocycles. The number of likely N-dealkylation sites (tertiary alicyclic amines) is 1. The Bertz CT molecular complexity index is 851. The molecule has 2 saturated heterocycles. The number of carbonyl (C=O) groups excluding carboxylic acids is 2. The average Bonchev–Trinajstić information content (AvgIpc) is 3.47. The maximum Gasteiger partial charge on any atom is 0.255 e. The molecule has 5 nitrogen and oxygen atoms in total. The SMILES string of the molecule is O=C(Nc1ccc(CCC(=O)N2CCCC2)cc1)c1cccc(N2CCCC2)c1. The van der Waals surface area contributed by atoms with Gasteiger partial charge in [-0.3, -0.25) is 9.59 Å². The van der Waals surface area contributed by atoms with E-state index in [0.29, 0.717) is 12.0 Å². The van der Waals surface area contributed by atoms with Crippen LogP contribution in [0.3, 0.4) is 0 Å². The molecule has 152 valence electrons. The minimum atomic E-state index is -0.0944. The highest BCUT2D eigenvalue weighted by Crippen LogP contribution is 2.22. The fraction of sp³-hybridized carbons (Fsp3) is 0.417. The summed E-state index contributed by atoms with van der Waals surface area (Å²) < 4.78 is 0. The lowest BCUT2D eigenvalue weighted by Gasteiger charge is -2.18. The van der Waals surface area contributed by atoms with E-state index in [0.717, 1.165) is 62.4 Å². The van der Waals surface area contributed by atoms with Crippen molar-refractivity contribution in [3.8, 4) is 0 Å². The van der Waals surface area contributed by atoms with Crippen LogP contribution in [0.25, 0.3) is 0 Å². The maximum atomic E-state index is 12.6. The molecule has 2 aliphatic rings. The second-order valence-electron chi connectivity index (χ2n) is 7.98. The fourth-order valence-corrected chi connectivity index (χ4v) is 4.15. The number of amides is 2. The topological polar surface area (TPSA) is 52.7 Å². The Morgan fingerprint density at radius 1 is 0.862 bits per heavy atom. The van der Waals surface area contributed by atoms with Crippen LogP contribution in [0.5, 0.6) is 0 Å². The molecule has 4 rings (SSSR count). The quantitative estimate of drug-likeness (QED) is 0.807. The third kappa shape index (κ3) is 4.97. The van der Waals surface area contributed by atoms with Gasteiger partial charge in [-0.15, -0.1) is 0 Å². The highest BCUT2D eigenvalue weighted by molar-refractivity contribution is 6.04. The summed E-state index contributed by atoms with van der Waals surface area (Å²) in [5.74, 6) is 0.153. The van der Waals surface area contributed by atoms with Crippen molar-refractivity contribution >= 4 is 23.2 Å². The molecule has 2 aromatic rings. The molecule has 0 spiro atoms. The van der Waals surface area contributed by atoms with E-state index in [1.807, 2.05) is 47.4 Å². The lowest BCUT2D eigenvalue weighted by Crippen LogP contribution is -2.27. The number of carbonyl (C=O) groups is 2. The molecule has 2 aromatic carbocycles. The van der Waals surface area contributed by atoms with E-state index >= 15 is 0 Å². The first kappa shape index (κ1) is 19.5. The molecule has 0 atom stereocenters. The second kappa shape index (κ2) is 9.12. The summed E-state index contributed by atoms with van der Waals surface area (Å²) in [5.41, 5.74) is 3.69. The minimum Gasteiger partial charge on any atom is -0.372 e. The zero-order chi connectivity index (χ0) is 20.1. The molecule has 2 amide bonds. The summed E-state index contributed by atoms with van der Waals surface area (Å²) in [5, 5.41) is 2.98. The van der Waals surface area contributed by atoms with Crippen molar-refractivity contribution in [1.82, 2.24) is 4.90 Å². The van der Waals surface area contributed by atoms with Crippen LogP contribution in [0.2, 0.25) is 0 Å². The Kier molecular flexibility index (Phi) is 6.13. The molecule has 0 aromatic heterocycles. The van der Waals surface area contributed by atoms with E-state index < -0.39 is 0 Å². The Labute approximate surface area is 172 Å². The van der Waals surface area contributed by atoms with Gasteiger partial charge in [-0.25, -0.2) is 0 Å². The first-order valence-electron chi connectivity index (χ1n) is 10.7. The standard InChI is InChI=1S/C24H29N3O2/c28-23(27-16-3-4-17-27)13-10-19-8-11-21(12-9-19)25-24(29)20-6-5-7-22(18-20)26-14-1-2-15-26/h5-9,11-12,18H,1-4,10,13-17H2,(H,25,29). The summed E-state index contributed by atoms with van der Waals surface area (Å²) in [4.78, 5) is 29.1. The normalized spacial score (nSPS) is 16.3. The zero-order valence-corrected chi connectivity index (χ0v) is 16.9. The van der Waals surface area contributed by atoms with Crippen LogP contribution in [0.1, 0.15) is 48.0 Å². The van der Waals surface area contributed by atoms with E-state index in [2.05, 4.69) is 16.3 Å². The average molecular weight is 392 g/mol. The molecule has 0 aliphatic carbocycles. The first-order chi connectivity index (χ1) is 14.2. The van der Waals surface area contributed by atoms with Gasteiger partial charge in [0.25, 0.3) is 5.91 Å². The van der Waals surface area contributed by atoms with Crippen molar-refractivity contribution in [3.05, 3.63) is 59.7 Å². The van der Waals surface area contributed by atoms with Gasteiger partial charge in [0.05, 0.1) is 0 Å². The Morgan fingerprint density at radius 3 is 2.28 bits per heavy atom. The van der Waals surface area contributed by atoms with Crippen molar-refractivity contribution < 1.29 is 9.59 Å². The smallest absolute Gasteiger partial charge is 0.255 e. The van der Waals surface area contributed by atoms with Crippen LogP contribution in [0.4, 0.5) is 11.4 Å². The zero-order valence-electron chi connectivity index (χ0n) is 16.9. The molecule has 2 fully saturated rings. The third-order valence-electron chi connectivity index (χ3n) is 5.88. The molecule has 0 unspecified atom stereocenters. The number of hydrogen-bond donors (Lipinski definition) is 1. The van der Waals surface area contributed by atoms with E-state index in [9.17, 15) is 9.59 Å². The van der Waals surface area contributed by atoms with Gasteiger partial charge in [-0.1, -0.05) is 18.2 Å². The predicted molar refractivity (Wildman–Crippen MR) is 116 cm³/mol. The fourth-order valence-electron chi connectivity index (χ4n) is 4.15. The number of nitrogens with zero attached hydrogens (tertiary/aromatic N) is 2. The number of anilines is 2. The molecular weight excluding hydrogens is 362 g/mol. The van der Waals surface area contributed by atoms with Crippen LogP contribution in [0.15, 0.2) is 48.5 Å². The number of aryl methyl sites for hydroxylation is 1. The highest BCUT2D eigenvalue weighted by atomic mass is 16.2. The van der Waals surface area contributed by atoms with Gasteiger partial charge in [0.2, 0.25) is 5.91 Å². The molecule has 1 N–H and O–H groups in total. The number of benzene rings is 2. The molecule has 0 radical (unpaired) electrons. The maximum absolute atomic E-state index is 12.6. The third-order valence-corrected chi connectivity index (χ3v) is 5.88. The molecule has 2 heterocycles. The van der Waals surface area contributed by atoms with Crippen LogP contribution in [0, 0.1) is 0 Å². The van der Waals surface area contributed by atoms with Crippen molar-refractivity contribution in [2.45, 2.75) is 38.5 Å². The summed E-state index contributed by atoms with van der Waals surface area (Å²) in [6.45, 7) is 3.94. The molecule has 0 bridgehead atoms. The van der Waals surface area contributed by atoms with Gasteiger partial charge in [-0.05, 0) is 68.0 Å². The van der Waals surface area contributed by atoms with Gasteiger partial charge >= 0.3 is 0 Å². The molecular formula is C24H29N3O2. The van der Waals surface area contributed by atoms with E-state index in [1.54, 1.807) is 0 Å². The van der Waals surface area contributed by atoms with Crippen molar-refractivity contribution in [2.24, 2.45) is 0 Å². The Balaban J connectivity index is 1.32. The van der Waals surface area contributed by atoms with Gasteiger partial charge < -0.3 is 15.1 Å². The number of rotatable bonds is 6. The monoisotopic (exact) mass is 391 g/mol. The molecule has 29 heavy (non-hydrogen) atoms. The van der Waals surface area contributed by atoms with E-state index in [4.69, 9.17) is 0 Å². The molecule has 0 saturated carbocycles. The van der Waals surface area contributed by atoms with Crippen LogP contribution >= 0.6 is 0 Å². The van der Waals surface area contributed by atoms with Gasteiger partial charge in [0, 0.05) is 49.5 Å². The van der Waals surface area contributed by atoms with Crippen LogP contribution in [-0.4, -0.2) is 42.9 Å². The summed E-state index contributed by atoms with van der Waals surface area (Å²) in [6, 6.07) is 15.7. The highest BCUT2D eigenvalue weighted by Gasteiger charge is 2.17. The molecule has 5 heteroatoms. The lowest BCUT2D eigenvalue weighted by atomic mass is 10.1. The second-order valence-corrected chi connectivity index (χ2v) is 7.98. The lowest BCUT2D eigenvalue weighted by molar-refractivity contribution is -0.130. The van der Waals surface area contributed by atoms with Crippen LogP contribution < -0.4 is 10.2 Å². The van der Waals surface area contributed by atoms with Gasteiger partial charge in [-0.2, -0.15) is 0 Å². The van der Waals surface area contributed by atoms with Crippen molar-refractivity contribution in [3.63, 3.8) is 0 Å². The minimum absolute atomic E-state index is 0.0944. The summed E-state index contributed by atoms with van der Waals surface area (Å²) >= 11 is 0. The van der Waals surface area contributed by atoms with Crippen LogP contribution in [-0.2, 0) is 11.2 Å². The van der Waals surface area contributed by atoms with Gasteiger partial charge in [0.1, 0.15) is 0 Å². The largest absolute Gasteiger partial charge is 0.372 e. The summed E-state index contributed by atoms with van der Waals surface area (Å²) in [6.07, 6.45) is 5.97. The summed E-state index contributed by atoms with van der Waals surface area (Å²) in [7, 11) is 0. The van der Waals surface area contributed by atoms with E-state index in [1.165, 1.54) is 12.8 Å². The number of nitrogens with one attached hydrogen (secondary N) is 1. The van der Waals surface area contributed by atoms with Crippen molar-refractivity contribution in [2.75, 3.05) is 36.4 Å². The van der Waals surface area contributed by atoms with Crippen molar-refractivity contribution in [1.29, 1.82) is 0 Å². The Hall–Kier alpha value is -2.82. The Morgan fingerprint density at radius 2 is 1.55 bits per heavy atom. The number of hydrogen-bond acceptors (Lipinski definition) is 3. The van der Waals surface area contributed by atoms with E-state index in [-0.39, 0.29) is 11.8 Å². The first-order valence-corrected chi connectivity index (χ1v) is 10.7.